The molecule has 0 heterocycles. The number of aliphatic hydroxyl groups excluding tert-OH is 2. The van der Waals surface area contributed by atoms with Gasteiger partial charge in [-0.15, -0.1) is 0 Å². The van der Waals surface area contributed by atoms with Gasteiger partial charge in [0.05, 0.1) is 26.4 Å². The highest BCUT2D eigenvalue weighted by atomic mass is 31.2. The molecule has 0 spiro atoms. The largest absolute Gasteiger partial charge is 0.472 e. The molecule has 85 heavy (non-hydrogen) atoms. The van der Waals surface area contributed by atoms with Crippen molar-refractivity contribution in [3.05, 3.63) is 72.9 Å². The van der Waals surface area contributed by atoms with Gasteiger partial charge in [0.2, 0.25) is 0 Å². The van der Waals surface area contributed by atoms with E-state index in [-0.39, 0.29) is 19.3 Å². The second-order valence-corrected chi connectivity index (χ2v) is 25.2. The molecule has 0 saturated heterocycles. The summed E-state index contributed by atoms with van der Waals surface area (Å²) >= 11 is 0. The Balaban J connectivity index is 4.56. The van der Waals surface area contributed by atoms with Crippen LogP contribution in [0.15, 0.2) is 72.9 Å². The number of rotatable bonds is 63. The maximum atomic E-state index is 12.9. The predicted molar refractivity (Wildman–Crippen MR) is 344 cm³/mol. The van der Waals surface area contributed by atoms with Crippen LogP contribution in [-0.2, 0) is 55.8 Å². The van der Waals surface area contributed by atoms with Crippen LogP contribution in [0.25, 0.3) is 0 Å². The summed E-state index contributed by atoms with van der Waals surface area (Å²) in [7, 11) is -9.77. The first-order chi connectivity index (χ1) is 41.2. The fourth-order valence-corrected chi connectivity index (χ4v) is 10.3. The highest BCUT2D eigenvalue weighted by Gasteiger charge is 2.29. The minimum Gasteiger partial charge on any atom is -0.463 e. The van der Waals surface area contributed by atoms with Gasteiger partial charge in [-0.05, 0) is 116 Å². The number of esters is 3. The summed E-state index contributed by atoms with van der Waals surface area (Å²) in [6, 6.07) is 0. The van der Waals surface area contributed by atoms with Crippen LogP contribution in [0.2, 0.25) is 0 Å². The van der Waals surface area contributed by atoms with Crippen molar-refractivity contribution in [2.24, 2.45) is 0 Å². The number of aliphatic hydroxyl groups is 2. The first kappa shape index (κ1) is 82.0. The Hall–Kier alpha value is -3.01. The molecule has 0 aromatic rings. The minimum atomic E-state index is -4.92. The molecule has 5 unspecified atom stereocenters. The van der Waals surface area contributed by atoms with Gasteiger partial charge in [0.15, 0.2) is 6.10 Å². The summed E-state index contributed by atoms with van der Waals surface area (Å²) in [6.45, 7) is 2.58. The van der Waals surface area contributed by atoms with Gasteiger partial charge in [0.1, 0.15) is 25.4 Å². The highest BCUT2D eigenvalue weighted by Crippen LogP contribution is 2.45. The Morgan fingerprint density at radius 1 is 0.329 bits per heavy atom. The molecular formula is C67H120O16P2. The monoisotopic (exact) mass is 1240 g/mol. The van der Waals surface area contributed by atoms with Gasteiger partial charge < -0.3 is 34.2 Å². The summed E-state index contributed by atoms with van der Waals surface area (Å²) in [4.78, 5) is 58.2. The van der Waals surface area contributed by atoms with Gasteiger partial charge in [0, 0.05) is 19.3 Å². The molecule has 0 radical (unpaired) electrons. The van der Waals surface area contributed by atoms with E-state index in [4.69, 9.17) is 32.3 Å². The molecule has 0 aromatic heterocycles. The van der Waals surface area contributed by atoms with E-state index in [0.717, 1.165) is 141 Å². The van der Waals surface area contributed by atoms with Gasteiger partial charge in [-0.1, -0.05) is 216 Å². The zero-order chi connectivity index (χ0) is 62.4. The third-order valence-electron chi connectivity index (χ3n) is 13.9. The lowest BCUT2D eigenvalue weighted by atomic mass is 10.1. The SMILES string of the molecule is CCCCC/C=C\C/C=C\C/C=C\C/C=C\CCCCCCCCCC(=O)OCC(O)COP(=O)(O)OCC(O)COP(=O)(O)OCC(COC(=O)CCCCCCC/C=C\CCCCCC)OC(=O)CCCCCCC/C=C\CCCCCC. The molecule has 0 fully saturated rings. The summed E-state index contributed by atoms with van der Waals surface area (Å²) in [5.41, 5.74) is 0. The Labute approximate surface area is 515 Å². The molecule has 5 atom stereocenters. The zero-order valence-electron chi connectivity index (χ0n) is 53.3. The second kappa shape index (κ2) is 61.2. The van der Waals surface area contributed by atoms with Gasteiger partial charge >= 0.3 is 33.6 Å². The molecule has 0 amide bonds. The molecule has 0 aliphatic carbocycles. The zero-order valence-corrected chi connectivity index (χ0v) is 55.1. The molecule has 0 rings (SSSR count). The second-order valence-electron chi connectivity index (χ2n) is 22.3. The van der Waals surface area contributed by atoms with E-state index in [0.29, 0.717) is 19.3 Å². The maximum Gasteiger partial charge on any atom is 0.472 e. The molecule has 0 aliphatic heterocycles. The number of phosphoric acid groups is 2. The third kappa shape index (κ3) is 62.4. The van der Waals surface area contributed by atoms with Crippen LogP contribution in [-0.4, -0.2) is 95.9 Å². The van der Waals surface area contributed by atoms with Crippen LogP contribution in [0, 0.1) is 0 Å². The molecular weight excluding hydrogens is 1120 g/mol. The first-order valence-electron chi connectivity index (χ1n) is 33.2. The van der Waals surface area contributed by atoms with Crippen molar-refractivity contribution >= 4 is 33.6 Å². The van der Waals surface area contributed by atoms with Crippen molar-refractivity contribution in [2.45, 2.75) is 296 Å². The number of hydrogen-bond acceptors (Lipinski definition) is 14. The van der Waals surface area contributed by atoms with E-state index in [1.165, 1.54) is 77.0 Å². The van der Waals surface area contributed by atoms with Gasteiger partial charge in [-0.3, -0.25) is 32.5 Å². The quantitative estimate of drug-likeness (QED) is 0.0146. The number of carbonyl (C=O) groups excluding carboxylic acids is 3. The lowest BCUT2D eigenvalue weighted by Crippen LogP contribution is -2.30. The fourth-order valence-electron chi connectivity index (χ4n) is 8.72. The number of allylic oxidation sites excluding steroid dienone is 12. The van der Waals surface area contributed by atoms with Crippen LogP contribution in [0.1, 0.15) is 278 Å². The number of ether oxygens (including phenoxy) is 3. The summed E-state index contributed by atoms with van der Waals surface area (Å²) in [5, 5.41) is 20.5. The molecule has 0 aliphatic rings. The number of hydrogen-bond donors (Lipinski definition) is 4. The highest BCUT2D eigenvalue weighted by molar-refractivity contribution is 7.47. The van der Waals surface area contributed by atoms with Gasteiger partial charge in [0.25, 0.3) is 0 Å². The van der Waals surface area contributed by atoms with E-state index in [2.05, 4.69) is 93.7 Å². The standard InChI is InChI=1S/C67H120O16P2/c1-4-7-10-13-16-19-22-25-26-27-28-29-30-31-32-33-34-37-39-41-44-47-50-53-65(70)77-56-62(68)57-79-84(73,74)80-58-63(69)59-81-85(75,76)82-61-64(83-67(72)55-52-49-46-43-40-36-24-21-18-15-12-9-6-3)60-78-66(71)54-51-48-45-42-38-35-23-20-17-14-11-8-5-2/h16,19-21,23-26,28-29,31-32,62-64,68-69H,4-15,17-18,22,27,30,33-61H2,1-3H3,(H,73,74)(H,75,76)/b19-16-,23-20-,24-21-,26-25-,29-28-,32-31-. The van der Waals surface area contributed by atoms with Crippen LogP contribution in [0.3, 0.4) is 0 Å². The molecule has 494 valence electrons. The van der Waals surface area contributed by atoms with Crippen LogP contribution in [0.4, 0.5) is 0 Å². The van der Waals surface area contributed by atoms with E-state index in [9.17, 15) is 43.5 Å². The van der Waals surface area contributed by atoms with Crippen molar-refractivity contribution in [1.29, 1.82) is 0 Å². The van der Waals surface area contributed by atoms with Crippen molar-refractivity contribution < 1.29 is 75.8 Å². The van der Waals surface area contributed by atoms with Crippen molar-refractivity contribution in [1.82, 2.24) is 0 Å². The third-order valence-corrected chi connectivity index (χ3v) is 15.8. The Morgan fingerprint density at radius 3 is 0.965 bits per heavy atom. The number of phosphoric ester groups is 2. The number of unbranched alkanes of at least 4 members (excludes halogenated alkanes) is 28. The summed E-state index contributed by atoms with van der Waals surface area (Å²) in [5.74, 6) is -1.60. The summed E-state index contributed by atoms with van der Waals surface area (Å²) < 4.78 is 60.7. The predicted octanol–water partition coefficient (Wildman–Crippen LogP) is 18.0. The molecule has 4 N–H and O–H groups in total. The maximum absolute atomic E-state index is 12.9. The average Bonchev–Trinajstić information content (AvgIpc) is 3.51. The fraction of sp³-hybridized carbons (Fsp3) is 0.776. The first-order valence-corrected chi connectivity index (χ1v) is 36.2. The van der Waals surface area contributed by atoms with E-state index >= 15 is 0 Å². The van der Waals surface area contributed by atoms with Crippen LogP contribution in [0.5, 0.6) is 0 Å². The van der Waals surface area contributed by atoms with E-state index < -0.39 is 91.5 Å². The van der Waals surface area contributed by atoms with Crippen molar-refractivity contribution in [3.63, 3.8) is 0 Å². The molecule has 0 bridgehead atoms. The van der Waals surface area contributed by atoms with Gasteiger partial charge in [-0.2, -0.15) is 0 Å². The van der Waals surface area contributed by atoms with Crippen LogP contribution >= 0.6 is 15.6 Å². The van der Waals surface area contributed by atoms with E-state index in [1.54, 1.807) is 0 Å². The smallest absolute Gasteiger partial charge is 0.463 e. The lowest BCUT2D eigenvalue weighted by molar-refractivity contribution is -0.161. The lowest BCUT2D eigenvalue weighted by Gasteiger charge is -2.21. The average molecular weight is 1240 g/mol. The molecule has 16 nitrogen and oxygen atoms in total. The van der Waals surface area contributed by atoms with Gasteiger partial charge in [-0.25, -0.2) is 9.13 Å². The van der Waals surface area contributed by atoms with E-state index in [1.807, 2.05) is 0 Å². The number of carbonyl (C=O) groups is 3. The Morgan fingerprint density at radius 2 is 0.588 bits per heavy atom. The van der Waals surface area contributed by atoms with Crippen LogP contribution < -0.4 is 0 Å². The summed E-state index contributed by atoms with van der Waals surface area (Å²) in [6.07, 6.45) is 62.5. The normalized spacial score (nSPS) is 14.8. The Kier molecular flexibility index (Phi) is 59.1. The molecule has 0 aromatic carbocycles. The Bertz CT molecular complexity index is 1850. The molecule has 0 saturated carbocycles. The minimum absolute atomic E-state index is 0.0946. The van der Waals surface area contributed by atoms with Crippen molar-refractivity contribution in [2.75, 3.05) is 39.6 Å². The molecule has 18 heteroatoms. The topological polar surface area (TPSA) is 231 Å². The van der Waals surface area contributed by atoms with Crippen molar-refractivity contribution in [3.8, 4) is 0 Å².